The van der Waals surface area contributed by atoms with E-state index in [9.17, 15) is 38.9 Å². The predicted molar refractivity (Wildman–Crippen MR) is 202 cm³/mol. The zero-order chi connectivity index (χ0) is 40.8. The number of alkyl halides is 1. The second kappa shape index (κ2) is 19.7. The molecule has 1 aliphatic carbocycles. The highest BCUT2D eigenvalue weighted by atomic mass is 19.1. The average Bonchev–Trinajstić information content (AvgIpc) is 3.15. The van der Waals surface area contributed by atoms with Gasteiger partial charge in [0.25, 0.3) is 11.7 Å². The first-order valence-electron chi connectivity index (χ1n) is 20.4. The largest absolute Gasteiger partial charge is 0.456 e. The van der Waals surface area contributed by atoms with Gasteiger partial charge in [-0.2, -0.15) is 0 Å². The van der Waals surface area contributed by atoms with E-state index >= 15 is 0 Å². The summed E-state index contributed by atoms with van der Waals surface area (Å²) in [6.07, 6.45) is 0.736. The molecule has 3 fully saturated rings. The summed E-state index contributed by atoms with van der Waals surface area (Å²) in [5, 5.41) is 33.5. The fraction of sp³-hybridized carbons (Fsp3) is 0.810. The van der Waals surface area contributed by atoms with Crippen molar-refractivity contribution in [2.45, 2.75) is 167 Å². The molecule has 1 unspecified atom stereocenters. The third kappa shape index (κ3) is 10.7. The molecule has 1 amide bonds. The van der Waals surface area contributed by atoms with Crippen LogP contribution in [0.4, 0.5) is 4.39 Å². The number of ether oxygens (including phenoxy) is 4. The topological polar surface area (TPSA) is 169 Å². The number of cyclic esters (lactones) is 1. The number of hydrogen-bond donors (Lipinski definition) is 3. The Morgan fingerprint density at radius 1 is 0.982 bits per heavy atom. The number of methoxy groups -OCH3 is 2. The van der Waals surface area contributed by atoms with Gasteiger partial charge < -0.3 is 39.2 Å². The molecule has 3 heterocycles. The summed E-state index contributed by atoms with van der Waals surface area (Å²) in [6.45, 7) is 11.0. The molecule has 0 radical (unpaired) electrons. The maximum Gasteiger partial charge on any atom is 0.329 e. The van der Waals surface area contributed by atoms with Crippen molar-refractivity contribution in [3.05, 3.63) is 23.3 Å². The Morgan fingerprint density at radius 2 is 1.65 bits per heavy atom. The van der Waals surface area contributed by atoms with Gasteiger partial charge in [-0.15, -0.1) is 0 Å². The van der Waals surface area contributed by atoms with Gasteiger partial charge in [0.2, 0.25) is 5.79 Å². The number of aliphatic hydroxyl groups is 3. The minimum Gasteiger partial charge on any atom is -0.456 e. The molecule has 4 rings (SSSR count). The van der Waals surface area contributed by atoms with Crippen LogP contribution in [0.15, 0.2) is 23.3 Å². The molecule has 2 saturated heterocycles. The summed E-state index contributed by atoms with van der Waals surface area (Å²) >= 11 is 0. The summed E-state index contributed by atoms with van der Waals surface area (Å²) in [5.41, 5.74) is 1.52. The predicted octanol–water partition coefficient (Wildman–Crippen LogP) is 4.80. The quantitative estimate of drug-likeness (QED) is 0.199. The molecule has 0 spiro atoms. The number of amides is 1. The number of hydrogen-bond acceptors (Lipinski definition) is 11. The zero-order valence-electron chi connectivity index (χ0n) is 34.1. The lowest BCUT2D eigenvalue weighted by atomic mass is 9.82. The Bertz CT molecular complexity index is 1420. The number of ketones is 2. The number of rotatable bonds is 5. The number of nitrogens with zero attached hydrogens (tertiary/aromatic N) is 1. The van der Waals surface area contributed by atoms with Gasteiger partial charge in [-0.25, -0.2) is 9.18 Å². The molecule has 12 nitrogen and oxygen atoms in total. The number of carbonyl (C=O) groups excluding carboxylic acids is 4. The smallest absolute Gasteiger partial charge is 0.329 e. The van der Waals surface area contributed by atoms with E-state index in [-0.39, 0.29) is 56.3 Å². The van der Waals surface area contributed by atoms with Gasteiger partial charge in [-0.05, 0) is 95.5 Å². The van der Waals surface area contributed by atoms with Crippen LogP contribution < -0.4 is 0 Å². The van der Waals surface area contributed by atoms with Gasteiger partial charge in [0.05, 0.1) is 24.4 Å². The standard InChI is InChI=1S/C42H66FNO11/c1-9-29-17-23(2)16-24(3)18-35(52-7)38-36(53-8)20-26(5)42(51,55-38)39(48)40(49)44-15-11-10-12-31(44)41(50)54-37(27(6)33(46)22-34(29)47)25(4)19-28-13-14-32(45)30(43)21-28/h17,19,24,26-33,35-38,45-46,51H,9-16,18,20-22H2,1-8H3/b23-17+,25-19+/t24-,26+,27+,28-,29+,30?,31-,32+,33-,35-,36-,37+,38+,42+/m0/s1. The maximum absolute atomic E-state index is 14.5. The summed E-state index contributed by atoms with van der Waals surface area (Å²) in [6, 6.07) is -1.17. The summed E-state index contributed by atoms with van der Waals surface area (Å²) in [5.74, 6) is -8.03. The summed E-state index contributed by atoms with van der Waals surface area (Å²) in [7, 11) is 3.04. The molecule has 14 atom stereocenters. The average molecular weight is 780 g/mol. The van der Waals surface area contributed by atoms with Crippen molar-refractivity contribution in [1.82, 2.24) is 4.90 Å². The van der Waals surface area contributed by atoms with Crippen LogP contribution in [-0.2, 0) is 38.1 Å². The molecule has 3 N–H and O–H groups in total. The minimum absolute atomic E-state index is 0.0207. The van der Waals surface area contributed by atoms with Crippen LogP contribution in [0.25, 0.3) is 0 Å². The van der Waals surface area contributed by atoms with Crippen LogP contribution >= 0.6 is 0 Å². The highest BCUT2D eigenvalue weighted by Crippen LogP contribution is 2.39. The van der Waals surface area contributed by atoms with E-state index in [2.05, 4.69) is 0 Å². The number of aliphatic hydroxyl groups excluding tert-OH is 2. The molecule has 4 aliphatic rings. The van der Waals surface area contributed by atoms with Gasteiger partial charge >= 0.3 is 5.97 Å². The third-order valence-corrected chi connectivity index (χ3v) is 12.6. The third-order valence-electron chi connectivity index (χ3n) is 12.6. The molecule has 13 heteroatoms. The molecule has 55 heavy (non-hydrogen) atoms. The first-order valence-corrected chi connectivity index (χ1v) is 20.4. The lowest BCUT2D eigenvalue weighted by Gasteiger charge is -2.47. The van der Waals surface area contributed by atoms with Gasteiger partial charge in [0, 0.05) is 44.9 Å². The first-order chi connectivity index (χ1) is 25.9. The fourth-order valence-corrected chi connectivity index (χ4v) is 9.12. The van der Waals surface area contributed by atoms with E-state index in [4.69, 9.17) is 18.9 Å². The van der Waals surface area contributed by atoms with E-state index in [1.807, 2.05) is 32.9 Å². The molecule has 1 saturated carbocycles. The highest BCUT2D eigenvalue weighted by Gasteiger charge is 2.56. The van der Waals surface area contributed by atoms with E-state index < -0.39 is 90.0 Å². The second-order valence-corrected chi connectivity index (χ2v) is 16.9. The minimum atomic E-state index is -2.52. The fourth-order valence-electron chi connectivity index (χ4n) is 9.12. The van der Waals surface area contributed by atoms with Gasteiger partial charge in [-0.1, -0.05) is 45.4 Å². The molecule has 0 aromatic heterocycles. The summed E-state index contributed by atoms with van der Waals surface area (Å²) < 4.78 is 38.6. The van der Waals surface area contributed by atoms with Crippen molar-refractivity contribution < 1.29 is 57.8 Å². The Kier molecular flexibility index (Phi) is 16.2. The molecule has 3 aliphatic heterocycles. The Labute approximate surface area is 326 Å². The van der Waals surface area contributed by atoms with Crippen LogP contribution in [0.1, 0.15) is 112 Å². The Balaban J connectivity index is 1.76. The van der Waals surface area contributed by atoms with Gasteiger partial charge in [0.1, 0.15) is 30.2 Å². The van der Waals surface area contributed by atoms with Crippen LogP contribution in [0, 0.1) is 29.6 Å². The number of halogens is 1. The first kappa shape index (κ1) is 45.2. The SMILES string of the molecule is CC[C@@H]1/C=C(\C)C[C@H](C)C[C@H](OC)[C@H]2O[C@@](O)(C(=O)C(=O)N3CCCC[C@H]3C(=O)O[C@H](/C(C)=C/[C@@H]3CC[C@@H](O)C(F)C3)[C@H](C)[C@@H](O)CC1=O)[C@H](C)C[C@@H]2OC. The van der Waals surface area contributed by atoms with Crippen LogP contribution in [0.2, 0.25) is 0 Å². The number of esters is 1. The van der Waals surface area contributed by atoms with Crippen molar-refractivity contribution in [3.63, 3.8) is 0 Å². The number of Topliss-reactive ketones (excluding diaryl/α,β-unsaturated/α-hetero) is 2. The maximum atomic E-state index is 14.5. The lowest BCUT2D eigenvalue weighted by Crippen LogP contribution is -2.64. The van der Waals surface area contributed by atoms with Crippen molar-refractivity contribution in [1.29, 1.82) is 0 Å². The number of carbonyl (C=O) groups is 4. The van der Waals surface area contributed by atoms with Gasteiger partial charge in [0.15, 0.2) is 0 Å². The van der Waals surface area contributed by atoms with Crippen LogP contribution in [0.3, 0.4) is 0 Å². The van der Waals surface area contributed by atoms with Crippen molar-refractivity contribution in [2.24, 2.45) is 29.6 Å². The van der Waals surface area contributed by atoms with E-state index in [0.29, 0.717) is 44.1 Å². The molecule has 312 valence electrons. The molecular formula is C42H66FNO11. The van der Waals surface area contributed by atoms with E-state index in [0.717, 1.165) is 10.5 Å². The van der Waals surface area contributed by atoms with Crippen molar-refractivity contribution in [3.8, 4) is 0 Å². The monoisotopic (exact) mass is 779 g/mol. The number of fused-ring (bicyclic) bond motifs is 3. The second-order valence-electron chi connectivity index (χ2n) is 16.9. The van der Waals surface area contributed by atoms with E-state index in [1.54, 1.807) is 20.8 Å². The summed E-state index contributed by atoms with van der Waals surface area (Å²) in [4.78, 5) is 57.4. The number of piperidine rings is 1. The Hall–Kier alpha value is -2.55. The molecular weight excluding hydrogens is 713 g/mol. The molecule has 2 bridgehead atoms. The number of allylic oxidation sites excluding steroid dienone is 3. The molecule has 0 aromatic carbocycles. The zero-order valence-corrected chi connectivity index (χ0v) is 34.1. The van der Waals surface area contributed by atoms with Crippen molar-refractivity contribution >= 4 is 23.4 Å². The van der Waals surface area contributed by atoms with Crippen molar-refractivity contribution in [2.75, 3.05) is 20.8 Å². The lowest BCUT2D eigenvalue weighted by molar-refractivity contribution is -0.302. The molecule has 0 aromatic rings. The normalized spacial score (nSPS) is 42.1. The van der Waals surface area contributed by atoms with Crippen LogP contribution in [-0.4, -0.2) is 119 Å². The Morgan fingerprint density at radius 3 is 2.29 bits per heavy atom. The van der Waals surface area contributed by atoms with Crippen LogP contribution in [0.5, 0.6) is 0 Å². The van der Waals surface area contributed by atoms with Gasteiger partial charge in [-0.3, -0.25) is 14.4 Å². The van der Waals surface area contributed by atoms with E-state index in [1.165, 1.54) is 14.2 Å². The highest BCUT2D eigenvalue weighted by molar-refractivity contribution is 6.39.